The molecule has 18 heavy (non-hydrogen) atoms. The van der Waals surface area contributed by atoms with Gasteiger partial charge in [0, 0.05) is 17.6 Å². The standard InChI is InChI=1S/C13H16ClNO3/c14-10-3-1-9(2-4-10)5-11-8-18-12(7-15-11)6-13(16)17/h1-4,11-12,15H,5-8H2,(H,16,17)/t11-,12-/m0/s1. The lowest BCUT2D eigenvalue weighted by Gasteiger charge is -2.29. The van der Waals surface area contributed by atoms with E-state index in [1.165, 1.54) is 5.56 Å². The molecule has 0 aliphatic carbocycles. The molecule has 4 nitrogen and oxygen atoms in total. The molecule has 0 bridgehead atoms. The van der Waals surface area contributed by atoms with Gasteiger partial charge in [-0.15, -0.1) is 0 Å². The molecule has 0 radical (unpaired) electrons. The van der Waals surface area contributed by atoms with Gasteiger partial charge >= 0.3 is 5.97 Å². The molecule has 1 aromatic carbocycles. The third-order valence-electron chi connectivity index (χ3n) is 2.96. The Morgan fingerprint density at radius 1 is 1.44 bits per heavy atom. The molecule has 1 aliphatic heterocycles. The Morgan fingerprint density at radius 3 is 2.72 bits per heavy atom. The average Bonchev–Trinajstić information content (AvgIpc) is 2.34. The summed E-state index contributed by atoms with van der Waals surface area (Å²) >= 11 is 5.83. The molecule has 2 rings (SSSR count). The van der Waals surface area contributed by atoms with E-state index >= 15 is 0 Å². The van der Waals surface area contributed by atoms with Gasteiger partial charge < -0.3 is 15.2 Å². The van der Waals surface area contributed by atoms with Crippen molar-refractivity contribution in [3.63, 3.8) is 0 Å². The van der Waals surface area contributed by atoms with E-state index in [2.05, 4.69) is 5.32 Å². The number of benzene rings is 1. The lowest BCUT2D eigenvalue weighted by molar-refractivity contribution is -0.141. The number of carboxylic acids is 1. The Hall–Kier alpha value is -1.10. The molecule has 2 N–H and O–H groups in total. The minimum atomic E-state index is -0.821. The summed E-state index contributed by atoms with van der Waals surface area (Å²) in [5.74, 6) is -0.821. The Morgan fingerprint density at radius 2 is 2.17 bits per heavy atom. The lowest BCUT2D eigenvalue weighted by Crippen LogP contribution is -2.47. The van der Waals surface area contributed by atoms with E-state index in [0.29, 0.717) is 13.2 Å². The highest BCUT2D eigenvalue weighted by Gasteiger charge is 2.22. The van der Waals surface area contributed by atoms with Crippen molar-refractivity contribution in [1.29, 1.82) is 0 Å². The van der Waals surface area contributed by atoms with Crippen molar-refractivity contribution in [3.05, 3.63) is 34.9 Å². The van der Waals surface area contributed by atoms with Crippen molar-refractivity contribution in [1.82, 2.24) is 5.32 Å². The van der Waals surface area contributed by atoms with Gasteiger partial charge in [0.05, 0.1) is 19.1 Å². The lowest BCUT2D eigenvalue weighted by atomic mass is 10.0. The highest BCUT2D eigenvalue weighted by atomic mass is 35.5. The molecule has 1 aromatic rings. The zero-order chi connectivity index (χ0) is 13.0. The first-order valence-corrected chi connectivity index (χ1v) is 6.32. The molecule has 0 spiro atoms. The first kappa shape index (κ1) is 13.3. The largest absolute Gasteiger partial charge is 0.481 e. The van der Waals surface area contributed by atoms with E-state index in [0.717, 1.165) is 11.4 Å². The van der Waals surface area contributed by atoms with Crippen LogP contribution in [0.4, 0.5) is 0 Å². The van der Waals surface area contributed by atoms with Gasteiger partial charge in [-0.3, -0.25) is 4.79 Å². The molecular weight excluding hydrogens is 254 g/mol. The SMILES string of the molecule is O=C(O)C[C@H]1CN[C@@H](Cc2ccc(Cl)cc2)CO1. The monoisotopic (exact) mass is 269 g/mol. The van der Waals surface area contributed by atoms with E-state index in [9.17, 15) is 4.79 Å². The molecule has 1 heterocycles. The maximum Gasteiger partial charge on any atom is 0.306 e. The third kappa shape index (κ3) is 3.98. The molecule has 98 valence electrons. The zero-order valence-electron chi connectivity index (χ0n) is 9.93. The van der Waals surface area contributed by atoms with Crippen LogP contribution in [-0.2, 0) is 16.0 Å². The first-order valence-electron chi connectivity index (χ1n) is 5.94. The van der Waals surface area contributed by atoms with Crippen LogP contribution in [0.5, 0.6) is 0 Å². The summed E-state index contributed by atoms with van der Waals surface area (Å²) < 4.78 is 5.53. The van der Waals surface area contributed by atoms with Gasteiger partial charge in [0.2, 0.25) is 0 Å². The number of hydrogen-bond acceptors (Lipinski definition) is 3. The van der Waals surface area contributed by atoms with Crippen LogP contribution >= 0.6 is 11.6 Å². The second-order valence-electron chi connectivity index (χ2n) is 4.49. The van der Waals surface area contributed by atoms with Gasteiger partial charge in [0.25, 0.3) is 0 Å². The van der Waals surface area contributed by atoms with E-state index in [-0.39, 0.29) is 18.6 Å². The molecule has 1 aliphatic rings. The minimum Gasteiger partial charge on any atom is -0.481 e. The van der Waals surface area contributed by atoms with Crippen LogP contribution in [-0.4, -0.2) is 36.4 Å². The number of nitrogens with one attached hydrogen (secondary N) is 1. The summed E-state index contributed by atoms with van der Waals surface area (Å²) in [6.07, 6.45) is 0.696. The highest BCUT2D eigenvalue weighted by molar-refractivity contribution is 6.30. The molecule has 2 atom stereocenters. The molecule has 0 aromatic heterocycles. The number of ether oxygens (including phenoxy) is 1. The highest BCUT2D eigenvalue weighted by Crippen LogP contribution is 2.13. The molecular formula is C13H16ClNO3. The molecule has 1 saturated heterocycles. The van der Waals surface area contributed by atoms with Crippen LogP contribution < -0.4 is 5.32 Å². The van der Waals surface area contributed by atoms with Gasteiger partial charge in [0.1, 0.15) is 0 Å². The molecule has 1 fully saturated rings. The van der Waals surface area contributed by atoms with Crippen LogP contribution in [0.25, 0.3) is 0 Å². The topological polar surface area (TPSA) is 58.6 Å². The van der Waals surface area contributed by atoms with Crippen LogP contribution in [0.2, 0.25) is 5.02 Å². The predicted octanol–water partition coefficient (Wildman–Crippen LogP) is 1.71. The molecule has 0 amide bonds. The quantitative estimate of drug-likeness (QED) is 0.874. The summed E-state index contributed by atoms with van der Waals surface area (Å²) in [7, 11) is 0. The summed E-state index contributed by atoms with van der Waals surface area (Å²) in [6, 6.07) is 7.96. The van der Waals surface area contributed by atoms with Crippen molar-refractivity contribution in [2.75, 3.05) is 13.2 Å². The number of rotatable bonds is 4. The van der Waals surface area contributed by atoms with Crippen LogP contribution in [0.3, 0.4) is 0 Å². The second kappa shape index (κ2) is 6.18. The van der Waals surface area contributed by atoms with Crippen molar-refractivity contribution in [3.8, 4) is 0 Å². The number of carbonyl (C=O) groups is 1. The van der Waals surface area contributed by atoms with Crippen molar-refractivity contribution >= 4 is 17.6 Å². The molecule has 0 unspecified atom stereocenters. The van der Waals surface area contributed by atoms with Crippen LogP contribution in [0, 0.1) is 0 Å². The fourth-order valence-electron chi connectivity index (χ4n) is 2.03. The Bertz CT molecular complexity index is 399. The maximum absolute atomic E-state index is 10.6. The number of aliphatic carboxylic acids is 1. The maximum atomic E-state index is 10.6. The van der Waals surface area contributed by atoms with Gasteiger partial charge in [-0.05, 0) is 24.1 Å². The van der Waals surface area contributed by atoms with Gasteiger partial charge in [-0.2, -0.15) is 0 Å². The fraction of sp³-hybridized carbons (Fsp3) is 0.462. The average molecular weight is 270 g/mol. The Labute approximate surface area is 111 Å². The van der Waals surface area contributed by atoms with Crippen molar-refractivity contribution in [2.45, 2.75) is 25.0 Å². The van der Waals surface area contributed by atoms with Crippen LogP contribution in [0.15, 0.2) is 24.3 Å². The summed E-state index contributed by atoms with van der Waals surface area (Å²) in [5, 5.41) is 12.7. The van der Waals surface area contributed by atoms with E-state index < -0.39 is 5.97 Å². The number of carboxylic acid groups (broad SMARTS) is 1. The summed E-state index contributed by atoms with van der Waals surface area (Å²) in [4.78, 5) is 10.6. The minimum absolute atomic E-state index is 0.0562. The Balaban J connectivity index is 1.79. The second-order valence-corrected chi connectivity index (χ2v) is 4.93. The predicted molar refractivity (Wildman–Crippen MR) is 68.9 cm³/mol. The van der Waals surface area contributed by atoms with Crippen molar-refractivity contribution < 1.29 is 14.6 Å². The van der Waals surface area contributed by atoms with Gasteiger partial charge in [-0.1, -0.05) is 23.7 Å². The first-order chi connectivity index (χ1) is 8.63. The Kier molecular flexibility index (Phi) is 4.58. The van der Waals surface area contributed by atoms with Crippen molar-refractivity contribution in [2.24, 2.45) is 0 Å². The number of halogens is 1. The summed E-state index contributed by atoms with van der Waals surface area (Å²) in [5.41, 5.74) is 1.19. The van der Waals surface area contributed by atoms with E-state index in [1.54, 1.807) is 0 Å². The number of morpholine rings is 1. The fourth-order valence-corrected chi connectivity index (χ4v) is 2.16. The van der Waals surface area contributed by atoms with E-state index in [4.69, 9.17) is 21.4 Å². The van der Waals surface area contributed by atoms with Gasteiger partial charge in [-0.25, -0.2) is 0 Å². The smallest absolute Gasteiger partial charge is 0.306 e. The zero-order valence-corrected chi connectivity index (χ0v) is 10.7. The van der Waals surface area contributed by atoms with Gasteiger partial charge in [0.15, 0.2) is 0 Å². The molecule has 0 saturated carbocycles. The summed E-state index contributed by atoms with van der Waals surface area (Å²) in [6.45, 7) is 1.13. The molecule has 5 heteroatoms. The third-order valence-corrected chi connectivity index (χ3v) is 3.22. The number of hydrogen-bond donors (Lipinski definition) is 2. The normalized spacial score (nSPS) is 23.8. The van der Waals surface area contributed by atoms with Crippen LogP contribution in [0.1, 0.15) is 12.0 Å². The van der Waals surface area contributed by atoms with E-state index in [1.807, 2.05) is 24.3 Å².